The number of rotatable bonds is 8. The average Bonchev–Trinajstić information content (AvgIpc) is 3.32. The smallest absolute Gasteiger partial charge is 0.326 e. The maximum Gasteiger partial charge on any atom is 0.326 e. The third-order valence-electron chi connectivity index (χ3n) is 4.93. The monoisotopic (exact) mass is 459 g/mol. The minimum absolute atomic E-state index is 0.0351. The van der Waals surface area contributed by atoms with Crippen LogP contribution in [0.3, 0.4) is 0 Å². The van der Waals surface area contributed by atoms with Gasteiger partial charge in [0, 0.05) is 36.0 Å². The number of aliphatic carboxylic acids is 1. The van der Waals surface area contributed by atoms with Crippen LogP contribution in [0.25, 0.3) is 0 Å². The zero-order valence-corrected chi connectivity index (χ0v) is 19.2. The highest BCUT2D eigenvalue weighted by Crippen LogP contribution is 2.52. The summed E-state index contributed by atoms with van der Waals surface area (Å²) in [5.74, 6) is 3.45. The van der Waals surface area contributed by atoms with Gasteiger partial charge in [-0.25, -0.2) is 4.79 Å². The molecular weight excluding hydrogens is 434 g/mol. The quantitative estimate of drug-likeness (QED) is 0.633. The van der Waals surface area contributed by atoms with Gasteiger partial charge in [0.1, 0.15) is 11.8 Å². The molecule has 0 saturated carbocycles. The molecule has 5 nitrogen and oxygen atoms in total. The number of carboxylic acids is 1. The number of carboxylic acid groups (broad SMARTS) is 1. The van der Waals surface area contributed by atoms with Crippen molar-refractivity contribution < 1.29 is 19.4 Å². The number of thioether (sulfide) groups is 4. The van der Waals surface area contributed by atoms with Crippen molar-refractivity contribution in [2.45, 2.75) is 27.5 Å². The Hall–Kier alpha value is -0.640. The number of carbonyl (C=O) groups is 2. The molecule has 1 aromatic carbocycles. The average molecular weight is 460 g/mol. The molecule has 1 spiro atoms. The maximum absolute atomic E-state index is 13.2. The molecule has 2 atom stereocenters. The van der Waals surface area contributed by atoms with Crippen molar-refractivity contribution in [1.82, 2.24) is 4.90 Å². The minimum Gasteiger partial charge on any atom is -0.497 e. The zero-order chi connectivity index (χ0) is 20.1. The van der Waals surface area contributed by atoms with Crippen LogP contribution in [0.15, 0.2) is 24.3 Å². The SMILES string of the molecule is COc1ccc(CSCC(SC)C(=O)N2CC3(C[C@H]2C(=O)O)SCCS3)cc1. The molecule has 2 aliphatic heterocycles. The van der Waals surface area contributed by atoms with Gasteiger partial charge >= 0.3 is 5.97 Å². The Morgan fingerprint density at radius 2 is 2.00 bits per heavy atom. The normalized spacial score (nSPS) is 21.8. The lowest BCUT2D eigenvalue weighted by molar-refractivity contribution is -0.147. The van der Waals surface area contributed by atoms with Gasteiger partial charge in [0.15, 0.2) is 0 Å². The van der Waals surface area contributed by atoms with Crippen molar-refractivity contribution in [1.29, 1.82) is 0 Å². The first-order valence-electron chi connectivity index (χ1n) is 9.03. The number of benzene rings is 1. The van der Waals surface area contributed by atoms with E-state index in [9.17, 15) is 14.7 Å². The van der Waals surface area contributed by atoms with E-state index in [1.807, 2.05) is 54.0 Å². The number of carbonyl (C=O) groups excluding carboxylic acids is 1. The molecule has 28 heavy (non-hydrogen) atoms. The summed E-state index contributed by atoms with van der Waals surface area (Å²) in [5, 5.41) is 9.44. The van der Waals surface area contributed by atoms with Gasteiger partial charge in [-0.2, -0.15) is 23.5 Å². The van der Waals surface area contributed by atoms with E-state index in [2.05, 4.69) is 0 Å². The van der Waals surface area contributed by atoms with Gasteiger partial charge in [0.05, 0.1) is 16.4 Å². The highest BCUT2D eigenvalue weighted by Gasteiger charge is 2.52. The molecule has 0 aliphatic carbocycles. The summed E-state index contributed by atoms with van der Waals surface area (Å²) in [6.07, 6.45) is 2.47. The number of ether oxygens (including phenoxy) is 1. The van der Waals surface area contributed by atoms with Gasteiger partial charge in [-0.3, -0.25) is 4.79 Å². The second kappa shape index (κ2) is 9.91. The summed E-state index contributed by atoms with van der Waals surface area (Å²) in [7, 11) is 1.65. The Bertz CT molecular complexity index is 694. The maximum atomic E-state index is 13.2. The topological polar surface area (TPSA) is 66.8 Å². The molecule has 2 heterocycles. The van der Waals surface area contributed by atoms with E-state index < -0.39 is 12.0 Å². The Morgan fingerprint density at radius 3 is 2.57 bits per heavy atom. The summed E-state index contributed by atoms with van der Waals surface area (Å²) in [6, 6.07) is 7.23. The lowest BCUT2D eigenvalue weighted by Crippen LogP contribution is -2.45. The number of amides is 1. The van der Waals surface area contributed by atoms with E-state index in [-0.39, 0.29) is 15.2 Å². The van der Waals surface area contributed by atoms with Gasteiger partial charge < -0.3 is 14.7 Å². The van der Waals surface area contributed by atoms with Crippen molar-refractivity contribution in [3.63, 3.8) is 0 Å². The van der Waals surface area contributed by atoms with E-state index >= 15 is 0 Å². The van der Waals surface area contributed by atoms with Crippen molar-refractivity contribution in [3.05, 3.63) is 29.8 Å². The Balaban J connectivity index is 1.59. The van der Waals surface area contributed by atoms with Crippen LogP contribution in [-0.4, -0.2) is 74.4 Å². The van der Waals surface area contributed by atoms with E-state index in [1.54, 1.807) is 23.8 Å². The van der Waals surface area contributed by atoms with Crippen molar-refractivity contribution in [2.75, 3.05) is 37.2 Å². The Morgan fingerprint density at radius 1 is 1.32 bits per heavy atom. The number of methoxy groups -OCH3 is 1. The molecule has 2 fully saturated rings. The molecule has 1 aromatic rings. The highest BCUT2D eigenvalue weighted by atomic mass is 32.2. The molecule has 9 heteroatoms. The number of hydrogen-bond donors (Lipinski definition) is 1. The molecule has 3 rings (SSSR count). The second-order valence-electron chi connectivity index (χ2n) is 6.72. The fourth-order valence-corrected chi connectivity index (χ4v) is 8.76. The molecule has 1 unspecified atom stereocenters. The first-order valence-corrected chi connectivity index (χ1v) is 13.4. The van der Waals surface area contributed by atoms with Crippen LogP contribution in [0.2, 0.25) is 0 Å². The van der Waals surface area contributed by atoms with Crippen LogP contribution < -0.4 is 4.74 Å². The lowest BCUT2D eigenvalue weighted by Gasteiger charge is -2.26. The van der Waals surface area contributed by atoms with Crippen molar-refractivity contribution in [2.24, 2.45) is 0 Å². The first-order chi connectivity index (χ1) is 13.5. The summed E-state index contributed by atoms with van der Waals surface area (Å²) >= 11 is 6.85. The molecule has 2 aliphatic rings. The van der Waals surface area contributed by atoms with Crippen molar-refractivity contribution in [3.8, 4) is 5.75 Å². The molecule has 154 valence electrons. The summed E-state index contributed by atoms with van der Waals surface area (Å²) in [4.78, 5) is 26.6. The van der Waals surface area contributed by atoms with Gasteiger partial charge in [0.25, 0.3) is 0 Å². The minimum atomic E-state index is -0.885. The van der Waals surface area contributed by atoms with E-state index in [1.165, 1.54) is 17.3 Å². The summed E-state index contributed by atoms with van der Waals surface area (Å²) in [6.45, 7) is 0.540. The fraction of sp³-hybridized carbons (Fsp3) is 0.579. The number of nitrogens with zero attached hydrogens (tertiary/aromatic N) is 1. The lowest BCUT2D eigenvalue weighted by atomic mass is 10.2. The molecule has 0 bridgehead atoms. The van der Waals surface area contributed by atoms with Gasteiger partial charge in [-0.05, 0) is 24.0 Å². The molecule has 1 amide bonds. The van der Waals surface area contributed by atoms with Crippen LogP contribution in [0, 0.1) is 0 Å². The third-order valence-corrected chi connectivity index (χ3v) is 10.6. The molecule has 0 radical (unpaired) electrons. The predicted molar refractivity (Wildman–Crippen MR) is 122 cm³/mol. The fourth-order valence-electron chi connectivity index (χ4n) is 3.43. The van der Waals surface area contributed by atoms with Gasteiger partial charge in [-0.1, -0.05) is 12.1 Å². The molecular formula is C19H25NO4S4. The van der Waals surface area contributed by atoms with Gasteiger partial charge in [-0.15, -0.1) is 23.5 Å². The van der Waals surface area contributed by atoms with Crippen LogP contribution in [0.1, 0.15) is 12.0 Å². The van der Waals surface area contributed by atoms with E-state index in [0.717, 1.165) is 23.0 Å². The van der Waals surface area contributed by atoms with Gasteiger partial charge in [0.2, 0.25) is 5.91 Å². The van der Waals surface area contributed by atoms with Crippen LogP contribution in [-0.2, 0) is 15.3 Å². The highest BCUT2D eigenvalue weighted by molar-refractivity contribution is 8.21. The number of hydrogen-bond acceptors (Lipinski definition) is 7. The summed E-state index contributed by atoms with van der Waals surface area (Å²) < 4.78 is 5.05. The van der Waals surface area contributed by atoms with E-state index in [4.69, 9.17) is 4.74 Å². The zero-order valence-electron chi connectivity index (χ0n) is 16.0. The van der Waals surface area contributed by atoms with Crippen molar-refractivity contribution >= 4 is 58.9 Å². The third kappa shape index (κ3) is 5.09. The largest absolute Gasteiger partial charge is 0.497 e. The molecule has 2 saturated heterocycles. The molecule has 1 N–H and O–H groups in total. The second-order valence-corrected chi connectivity index (χ2v) is 12.0. The Kier molecular flexibility index (Phi) is 7.81. The Labute approximate surface area is 183 Å². The van der Waals surface area contributed by atoms with E-state index in [0.29, 0.717) is 18.7 Å². The van der Waals surface area contributed by atoms with Crippen LogP contribution >= 0.6 is 47.0 Å². The number of likely N-dealkylation sites (tertiary alicyclic amines) is 1. The standard InChI is InChI=1S/C19H25NO4S4/c1-24-14-5-3-13(4-6-14)10-26-11-16(25-2)17(21)20-12-19(27-7-8-28-19)9-15(20)18(22)23/h3-6,15-16H,7-12H2,1-2H3,(H,22,23)/t15-,16?/m0/s1. The first kappa shape index (κ1) is 22.1. The predicted octanol–water partition coefficient (Wildman–Crippen LogP) is 3.52. The summed E-state index contributed by atoms with van der Waals surface area (Å²) in [5.41, 5.74) is 1.18. The van der Waals surface area contributed by atoms with Crippen LogP contribution in [0.4, 0.5) is 0 Å². The van der Waals surface area contributed by atoms with Crippen LogP contribution in [0.5, 0.6) is 5.75 Å². The molecule has 0 aromatic heterocycles.